The van der Waals surface area contributed by atoms with Gasteiger partial charge in [-0.2, -0.15) is 0 Å². The zero-order valence-corrected chi connectivity index (χ0v) is 9.80. The predicted octanol–water partition coefficient (Wildman–Crippen LogP) is 1.24. The average Bonchev–Trinajstić information content (AvgIpc) is 2.39. The Labute approximate surface area is 105 Å². The largest absolute Gasteiger partial charge is 0.366 e. The van der Waals surface area contributed by atoms with Crippen LogP contribution < -0.4 is 11.5 Å². The summed E-state index contributed by atoms with van der Waals surface area (Å²) in [6.07, 6.45) is 6.32. The monoisotopic (exact) mass is 242 g/mol. The molecule has 4 N–H and O–H groups in total. The highest BCUT2D eigenvalue weighted by molar-refractivity contribution is 5.95. The van der Waals surface area contributed by atoms with E-state index in [0.29, 0.717) is 11.1 Å². The maximum Gasteiger partial charge on any atom is 0.248 e. The Bertz CT molecular complexity index is 541. The van der Waals surface area contributed by atoms with E-state index >= 15 is 0 Å². The molecule has 1 aromatic carbocycles. The Kier molecular flexibility index (Phi) is 3.28. The number of benzene rings is 1. The minimum Gasteiger partial charge on any atom is -0.366 e. The normalized spacial score (nSPS) is 18.2. The Morgan fingerprint density at radius 1 is 1.06 bits per heavy atom. The lowest BCUT2D eigenvalue weighted by molar-refractivity contribution is -0.114. The molecular weight excluding hydrogens is 228 g/mol. The first-order chi connectivity index (χ1) is 8.58. The zero-order valence-electron chi connectivity index (χ0n) is 9.80. The summed E-state index contributed by atoms with van der Waals surface area (Å²) in [4.78, 5) is 22.1. The molecule has 1 aliphatic carbocycles. The van der Waals surface area contributed by atoms with Gasteiger partial charge in [0.25, 0.3) is 0 Å². The second kappa shape index (κ2) is 4.87. The lowest BCUT2D eigenvalue weighted by Crippen LogP contribution is -2.15. The van der Waals surface area contributed by atoms with Crippen LogP contribution in [0.2, 0.25) is 0 Å². The van der Waals surface area contributed by atoms with Gasteiger partial charge in [0.15, 0.2) is 0 Å². The molecule has 0 fully saturated rings. The second-order valence-electron chi connectivity index (χ2n) is 4.22. The maximum absolute atomic E-state index is 11.1. The first-order valence-electron chi connectivity index (χ1n) is 5.66. The lowest BCUT2D eigenvalue weighted by Gasteiger charge is -2.16. The third kappa shape index (κ3) is 2.48. The summed E-state index contributed by atoms with van der Waals surface area (Å²) in [5.41, 5.74) is 12.5. The molecule has 2 rings (SSSR count). The van der Waals surface area contributed by atoms with Crippen molar-refractivity contribution in [1.82, 2.24) is 0 Å². The number of primary amides is 2. The van der Waals surface area contributed by atoms with E-state index in [1.807, 2.05) is 24.3 Å². The van der Waals surface area contributed by atoms with Crippen molar-refractivity contribution in [3.63, 3.8) is 0 Å². The van der Waals surface area contributed by atoms with Gasteiger partial charge in [-0.25, -0.2) is 0 Å². The second-order valence-corrected chi connectivity index (χ2v) is 4.22. The van der Waals surface area contributed by atoms with Gasteiger partial charge in [-0.05, 0) is 24.1 Å². The SMILES string of the molecule is NC(=O)C1=CC(c2ccc(C(N)=O)cc2)CC=C1. The van der Waals surface area contributed by atoms with Crippen LogP contribution in [0.4, 0.5) is 0 Å². The van der Waals surface area contributed by atoms with E-state index in [2.05, 4.69) is 0 Å². The minimum absolute atomic E-state index is 0.111. The Morgan fingerprint density at radius 3 is 2.28 bits per heavy atom. The fourth-order valence-corrected chi connectivity index (χ4v) is 1.97. The fraction of sp³-hybridized carbons (Fsp3) is 0.143. The van der Waals surface area contributed by atoms with Gasteiger partial charge in [-0.3, -0.25) is 9.59 Å². The molecule has 92 valence electrons. The average molecular weight is 242 g/mol. The molecule has 0 spiro atoms. The Balaban J connectivity index is 2.25. The molecule has 1 aliphatic rings. The number of allylic oxidation sites excluding steroid dienone is 2. The minimum atomic E-state index is -0.446. The van der Waals surface area contributed by atoms with E-state index in [-0.39, 0.29) is 5.92 Å². The van der Waals surface area contributed by atoms with Crippen molar-refractivity contribution in [2.24, 2.45) is 11.5 Å². The van der Waals surface area contributed by atoms with Gasteiger partial charge in [-0.1, -0.05) is 30.4 Å². The van der Waals surface area contributed by atoms with E-state index in [4.69, 9.17) is 11.5 Å². The molecule has 0 aliphatic heterocycles. The summed E-state index contributed by atoms with van der Waals surface area (Å²) in [5.74, 6) is -0.761. The third-order valence-corrected chi connectivity index (χ3v) is 2.98. The van der Waals surface area contributed by atoms with Crippen LogP contribution in [0.3, 0.4) is 0 Å². The van der Waals surface area contributed by atoms with Gasteiger partial charge in [-0.15, -0.1) is 0 Å². The molecule has 1 atom stereocenters. The van der Waals surface area contributed by atoms with Gasteiger partial charge in [0.2, 0.25) is 11.8 Å². The standard InChI is InChI=1S/C14H14N2O2/c15-13(17)10-6-4-9(5-7-10)11-2-1-3-12(8-11)14(16)18/h1,3-8,11H,2H2,(H2,15,17)(H2,16,18). The topological polar surface area (TPSA) is 86.2 Å². The van der Waals surface area contributed by atoms with E-state index in [0.717, 1.165) is 12.0 Å². The summed E-state index contributed by atoms with van der Waals surface area (Å²) in [6, 6.07) is 7.07. The first kappa shape index (κ1) is 12.1. The van der Waals surface area contributed by atoms with Crippen LogP contribution >= 0.6 is 0 Å². The number of carbonyl (C=O) groups excluding carboxylic acids is 2. The zero-order chi connectivity index (χ0) is 13.1. The van der Waals surface area contributed by atoms with Gasteiger partial charge in [0, 0.05) is 17.1 Å². The van der Waals surface area contributed by atoms with Crippen LogP contribution in [0.15, 0.2) is 48.1 Å². The smallest absolute Gasteiger partial charge is 0.248 e. The van der Waals surface area contributed by atoms with Crippen molar-refractivity contribution in [1.29, 1.82) is 0 Å². The lowest BCUT2D eigenvalue weighted by atomic mass is 9.89. The molecule has 18 heavy (non-hydrogen) atoms. The van der Waals surface area contributed by atoms with Crippen LogP contribution in [-0.2, 0) is 4.79 Å². The van der Waals surface area contributed by atoms with Crippen LogP contribution in [0.5, 0.6) is 0 Å². The summed E-state index contributed by atoms with van der Waals surface area (Å²) in [7, 11) is 0. The van der Waals surface area contributed by atoms with Gasteiger partial charge >= 0.3 is 0 Å². The summed E-state index contributed by atoms with van der Waals surface area (Å²) < 4.78 is 0. The van der Waals surface area contributed by atoms with Crippen molar-refractivity contribution >= 4 is 11.8 Å². The van der Waals surface area contributed by atoms with Crippen molar-refractivity contribution in [2.75, 3.05) is 0 Å². The summed E-state index contributed by atoms with van der Waals surface area (Å²) >= 11 is 0. The van der Waals surface area contributed by atoms with Crippen molar-refractivity contribution in [3.05, 3.63) is 59.2 Å². The molecule has 2 amide bonds. The third-order valence-electron chi connectivity index (χ3n) is 2.98. The molecule has 4 nitrogen and oxygen atoms in total. The molecule has 4 heteroatoms. The highest BCUT2D eigenvalue weighted by Gasteiger charge is 2.14. The number of carbonyl (C=O) groups is 2. The highest BCUT2D eigenvalue weighted by atomic mass is 16.1. The maximum atomic E-state index is 11.1. The Morgan fingerprint density at radius 2 is 1.72 bits per heavy atom. The van der Waals surface area contributed by atoms with Crippen LogP contribution in [0.1, 0.15) is 28.3 Å². The van der Waals surface area contributed by atoms with Gasteiger partial charge < -0.3 is 11.5 Å². The summed E-state index contributed by atoms with van der Waals surface area (Å²) in [5, 5.41) is 0. The number of rotatable bonds is 3. The number of hydrogen-bond donors (Lipinski definition) is 2. The van der Waals surface area contributed by atoms with Crippen LogP contribution in [-0.4, -0.2) is 11.8 Å². The van der Waals surface area contributed by atoms with Crippen LogP contribution in [0.25, 0.3) is 0 Å². The number of amides is 2. The van der Waals surface area contributed by atoms with Crippen molar-refractivity contribution in [2.45, 2.75) is 12.3 Å². The van der Waals surface area contributed by atoms with Gasteiger partial charge in [0.1, 0.15) is 0 Å². The van der Waals surface area contributed by atoms with E-state index < -0.39 is 11.8 Å². The van der Waals surface area contributed by atoms with Crippen LogP contribution in [0, 0.1) is 0 Å². The molecular formula is C14H14N2O2. The Hall–Kier alpha value is -2.36. The quantitative estimate of drug-likeness (QED) is 0.835. The van der Waals surface area contributed by atoms with Crippen molar-refractivity contribution in [3.8, 4) is 0 Å². The molecule has 0 saturated heterocycles. The highest BCUT2D eigenvalue weighted by Crippen LogP contribution is 2.27. The number of hydrogen-bond acceptors (Lipinski definition) is 2. The molecule has 0 heterocycles. The molecule has 1 unspecified atom stereocenters. The molecule has 0 aromatic heterocycles. The number of nitrogens with two attached hydrogens (primary N) is 2. The molecule has 0 saturated carbocycles. The van der Waals surface area contributed by atoms with Gasteiger partial charge in [0.05, 0.1) is 0 Å². The molecule has 1 aromatic rings. The molecule has 0 bridgehead atoms. The fourth-order valence-electron chi connectivity index (χ4n) is 1.97. The van der Waals surface area contributed by atoms with E-state index in [1.54, 1.807) is 18.2 Å². The van der Waals surface area contributed by atoms with E-state index in [9.17, 15) is 9.59 Å². The van der Waals surface area contributed by atoms with Crippen molar-refractivity contribution < 1.29 is 9.59 Å². The summed E-state index contributed by atoms with van der Waals surface area (Å²) in [6.45, 7) is 0. The molecule has 0 radical (unpaired) electrons. The first-order valence-corrected chi connectivity index (χ1v) is 5.66. The van der Waals surface area contributed by atoms with E-state index in [1.165, 1.54) is 0 Å². The predicted molar refractivity (Wildman–Crippen MR) is 68.7 cm³/mol.